The number of imidazole rings is 1. The molecule has 0 amide bonds. The molecule has 0 spiro atoms. The molecule has 0 saturated heterocycles. The molecule has 1 unspecified atom stereocenters. The van der Waals surface area contributed by atoms with Crippen molar-refractivity contribution < 1.29 is 8.42 Å². The Kier molecular flexibility index (Phi) is 5.53. The SMILES string of the molecule is CCNc1nc2sccn2c1S(=O)(=O)NCC(C)CSC. The summed E-state index contributed by atoms with van der Waals surface area (Å²) in [5.41, 5.74) is 0. The van der Waals surface area contributed by atoms with Gasteiger partial charge in [-0.05, 0) is 24.9 Å². The van der Waals surface area contributed by atoms with E-state index < -0.39 is 10.0 Å². The first-order valence-corrected chi connectivity index (χ1v) is 10.4. The van der Waals surface area contributed by atoms with Crippen LogP contribution in [-0.4, -0.2) is 42.9 Å². The Labute approximate surface area is 133 Å². The van der Waals surface area contributed by atoms with E-state index in [1.165, 1.54) is 11.3 Å². The first kappa shape index (κ1) is 16.6. The lowest BCUT2D eigenvalue weighted by Gasteiger charge is -2.12. The van der Waals surface area contributed by atoms with Crippen molar-refractivity contribution in [3.8, 4) is 0 Å². The van der Waals surface area contributed by atoms with Crippen molar-refractivity contribution in [2.45, 2.75) is 18.9 Å². The molecule has 118 valence electrons. The first-order valence-electron chi connectivity index (χ1n) is 6.67. The Morgan fingerprint density at radius 3 is 2.95 bits per heavy atom. The molecule has 9 heteroatoms. The highest BCUT2D eigenvalue weighted by atomic mass is 32.2. The average molecular weight is 349 g/mol. The molecule has 2 aromatic rings. The van der Waals surface area contributed by atoms with E-state index >= 15 is 0 Å². The van der Waals surface area contributed by atoms with Crippen LogP contribution in [0.1, 0.15) is 13.8 Å². The molecule has 0 saturated carbocycles. The van der Waals surface area contributed by atoms with Crippen LogP contribution < -0.4 is 10.0 Å². The molecule has 1 atom stereocenters. The fraction of sp³-hybridized carbons (Fsp3) is 0.583. The molecule has 6 nitrogen and oxygen atoms in total. The Morgan fingerprint density at radius 1 is 1.52 bits per heavy atom. The molecule has 2 aromatic heterocycles. The number of hydrogen-bond donors (Lipinski definition) is 2. The van der Waals surface area contributed by atoms with Crippen molar-refractivity contribution in [2.75, 3.05) is 30.4 Å². The molecule has 2 heterocycles. The van der Waals surface area contributed by atoms with E-state index in [-0.39, 0.29) is 10.9 Å². The standard InChI is InChI=1S/C12H20N4O2S3/c1-4-13-10-11(16-5-6-20-12(16)15-10)21(17,18)14-7-9(2)8-19-3/h5-6,9,13-14H,4,7-8H2,1-3H3. The molecule has 0 bridgehead atoms. The zero-order valence-electron chi connectivity index (χ0n) is 12.3. The van der Waals surface area contributed by atoms with Crippen LogP contribution >= 0.6 is 23.1 Å². The summed E-state index contributed by atoms with van der Waals surface area (Å²) >= 11 is 3.12. The number of rotatable bonds is 8. The lowest BCUT2D eigenvalue weighted by molar-refractivity contribution is 0.559. The Balaban J connectivity index is 2.29. The highest BCUT2D eigenvalue weighted by Crippen LogP contribution is 2.25. The molecule has 2 rings (SSSR count). The van der Waals surface area contributed by atoms with Gasteiger partial charge in [0.15, 0.2) is 15.8 Å². The van der Waals surface area contributed by atoms with Crippen LogP contribution in [0.2, 0.25) is 0 Å². The largest absolute Gasteiger partial charge is 0.368 e. The van der Waals surface area contributed by atoms with E-state index in [1.54, 1.807) is 22.4 Å². The Hall–Kier alpha value is -0.770. The van der Waals surface area contributed by atoms with Crippen LogP contribution in [0.4, 0.5) is 5.82 Å². The van der Waals surface area contributed by atoms with Crippen molar-refractivity contribution in [1.82, 2.24) is 14.1 Å². The van der Waals surface area contributed by atoms with Crippen molar-refractivity contribution in [1.29, 1.82) is 0 Å². The summed E-state index contributed by atoms with van der Waals surface area (Å²) in [5.74, 6) is 1.61. The van der Waals surface area contributed by atoms with E-state index in [1.807, 2.05) is 25.5 Å². The van der Waals surface area contributed by atoms with Crippen LogP contribution in [0, 0.1) is 5.92 Å². The van der Waals surface area contributed by atoms with Gasteiger partial charge >= 0.3 is 0 Å². The molecule has 0 aliphatic carbocycles. The third-order valence-corrected chi connectivity index (χ3v) is 5.99. The third kappa shape index (κ3) is 3.71. The maximum Gasteiger partial charge on any atom is 0.260 e. The van der Waals surface area contributed by atoms with Crippen LogP contribution in [0.25, 0.3) is 4.96 Å². The van der Waals surface area contributed by atoms with Crippen molar-refractivity contribution in [3.05, 3.63) is 11.6 Å². The number of thiazole rings is 1. The van der Waals surface area contributed by atoms with Gasteiger partial charge in [-0.3, -0.25) is 4.40 Å². The molecule has 0 fully saturated rings. The maximum atomic E-state index is 12.6. The second kappa shape index (κ2) is 6.99. The maximum absolute atomic E-state index is 12.6. The number of nitrogens with one attached hydrogen (secondary N) is 2. The molecular formula is C12H20N4O2S3. The summed E-state index contributed by atoms with van der Waals surface area (Å²) in [6.45, 7) is 4.99. The van der Waals surface area contributed by atoms with Crippen LogP contribution in [0.3, 0.4) is 0 Å². The van der Waals surface area contributed by atoms with Gasteiger partial charge in [-0.15, -0.1) is 11.3 Å². The van der Waals surface area contributed by atoms with E-state index in [2.05, 4.69) is 15.0 Å². The van der Waals surface area contributed by atoms with Gasteiger partial charge in [0.1, 0.15) is 0 Å². The average Bonchev–Trinajstić information content (AvgIpc) is 2.97. The minimum atomic E-state index is -3.59. The van der Waals surface area contributed by atoms with Gasteiger partial charge in [0.25, 0.3) is 10.0 Å². The molecule has 21 heavy (non-hydrogen) atoms. The zero-order chi connectivity index (χ0) is 15.5. The monoisotopic (exact) mass is 348 g/mol. The lowest BCUT2D eigenvalue weighted by Crippen LogP contribution is -2.30. The van der Waals surface area contributed by atoms with Crippen molar-refractivity contribution in [2.24, 2.45) is 5.92 Å². The highest BCUT2D eigenvalue weighted by Gasteiger charge is 2.25. The second-order valence-electron chi connectivity index (χ2n) is 4.76. The smallest absolute Gasteiger partial charge is 0.260 e. The predicted molar refractivity (Wildman–Crippen MR) is 90.0 cm³/mol. The highest BCUT2D eigenvalue weighted by molar-refractivity contribution is 7.98. The topological polar surface area (TPSA) is 75.5 Å². The number of anilines is 1. The van der Waals surface area contributed by atoms with Gasteiger partial charge in [0.05, 0.1) is 0 Å². The fourth-order valence-corrected chi connectivity index (χ4v) is 4.85. The Morgan fingerprint density at radius 2 is 2.29 bits per heavy atom. The number of nitrogens with zero attached hydrogens (tertiary/aromatic N) is 2. The number of fused-ring (bicyclic) bond motifs is 1. The van der Waals surface area contributed by atoms with E-state index in [0.29, 0.717) is 23.9 Å². The number of sulfonamides is 1. The number of aromatic nitrogens is 2. The first-order chi connectivity index (χ1) is 9.99. The van der Waals surface area contributed by atoms with Gasteiger partial charge in [-0.25, -0.2) is 18.1 Å². The summed E-state index contributed by atoms with van der Waals surface area (Å²) in [4.78, 5) is 5.01. The van der Waals surface area contributed by atoms with Gasteiger partial charge in [-0.1, -0.05) is 6.92 Å². The lowest BCUT2D eigenvalue weighted by atomic mass is 10.2. The summed E-state index contributed by atoms with van der Waals surface area (Å²) < 4.78 is 29.5. The molecular weight excluding hydrogens is 328 g/mol. The predicted octanol–water partition coefficient (Wildman–Crippen LogP) is 2.10. The molecule has 0 radical (unpaired) electrons. The van der Waals surface area contributed by atoms with E-state index in [4.69, 9.17) is 0 Å². The van der Waals surface area contributed by atoms with E-state index in [0.717, 1.165) is 5.75 Å². The normalized spacial score (nSPS) is 13.7. The minimum Gasteiger partial charge on any atom is -0.368 e. The molecule has 0 aliphatic heterocycles. The summed E-state index contributed by atoms with van der Waals surface area (Å²) in [5, 5.41) is 5.04. The van der Waals surface area contributed by atoms with Crippen LogP contribution in [0.15, 0.2) is 16.6 Å². The van der Waals surface area contributed by atoms with Gasteiger partial charge in [0.2, 0.25) is 0 Å². The Bertz CT molecular complexity index is 692. The summed E-state index contributed by atoms with van der Waals surface area (Å²) in [6, 6.07) is 0. The minimum absolute atomic E-state index is 0.192. The fourth-order valence-electron chi connectivity index (χ4n) is 1.97. The van der Waals surface area contributed by atoms with Crippen molar-refractivity contribution >= 4 is 43.9 Å². The van der Waals surface area contributed by atoms with Crippen molar-refractivity contribution in [3.63, 3.8) is 0 Å². The summed E-state index contributed by atoms with van der Waals surface area (Å²) in [6.07, 6.45) is 3.74. The van der Waals surface area contributed by atoms with E-state index in [9.17, 15) is 8.42 Å². The number of thioether (sulfide) groups is 1. The van der Waals surface area contributed by atoms with Gasteiger partial charge in [-0.2, -0.15) is 11.8 Å². The summed E-state index contributed by atoms with van der Waals surface area (Å²) in [7, 11) is -3.59. The van der Waals surface area contributed by atoms with Gasteiger partial charge in [0, 0.05) is 24.7 Å². The third-order valence-electron chi connectivity index (χ3n) is 2.89. The second-order valence-corrected chi connectivity index (χ2v) is 8.23. The zero-order valence-corrected chi connectivity index (χ0v) is 14.7. The van der Waals surface area contributed by atoms with Crippen LogP contribution in [0.5, 0.6) is 0 Å². The molecule has 0 aromatic carbocycles. The molecule has 2 N–H and O–H groups in total. The van der Waals surface area contributed by atoms with Gasteiger partial charge < -0.3 is 5.32 Å². The number of hydrogen-bond acceptors (Lipinski definition) is 6. The molecule has 0 aliphatic rings. The quantitative estimate of drug-likeness (QED) is 0.764. The van der Waals surface area contributed by atoms with Crippen LogP contribution in [-0.2, 0) is 10.0 Å².